The van der Waals surface area contributed by atoms with Crippen LogP contribution in [0.3, 0.4) is 0 Å². The zero-order valence-electron chi connectivity index (χ0n) is 18.2. The summed E-state index contributed by atoms with van der Waals surface area (Å²) in [6.07, 6.45) is 10.9. The highest BCUT2D eigenvalue weighted by atomic mass is 16.5. The zero-order chi connectivity index (χ0) is 19.8. The molecule has 0 amide bonds. The van der Waals surface area contributed by atoms with E-state index in [1.165, 1.54) is 43.5 Å². The number of hydrogen-bond acceptors (Lipinski definition) is 2. The lowest BCUT2D eigenvalue weighted by Crippen LogP contribution is -2.51. The number of H-pyrrole nitrogens is 1. The highest BCUT2D eigenvalue weighted by molar-refractivity contribution is 5.66. The summed E-state index contributed by atoms with van der Waals surface area (Å²) in [6.45, 7) is 11.2. The van der Waals surface area contributed by atoms with Gasteiger partial charge in [-0.25, -0.2) is 0 Å². The number of aromatic amines is 1. The average molecular weight is 382 g/mol. The lowest BCUT2D eigenvalue weighted by molar-refractivity contribution is -0.148. The number of allylic oxidation sites excluding steroid dienone is 1. The third kappa shape index (κ3) is 2.37. The molecule has 3 heteroatoms. The van der Waals surface area contributed by atoms with Crippen molar-refractivity contribution in [2.75, 3.05) is 0 Å². The molecular formula is C25H35NO2. The quantitative estimate of drug-likeness (QED) is 0.512. The number of nitrogens with one attached hydrogen (secondary N) is 1. The highest BCUT2D eigenvalue weighted by Crippen LogP contribution is 2.64. The molecule has 4 aliphatic rings. The first-order chi connectivity index (χ1) is 13.2. The Kier molecular flexibility index (Phi) is 3.97. The molecule has 1 unspecified atom stereocenters. The molecule has 0 saturated heterocycles. The van der Waals surface area contributed by atoms with Crippen molar-refractivity contribution in [3.8, 4) is 0 Å². The Morgan fingerprint density at radius 2 is 1.82 bits per heavy atom. The summed E-state index contributed by atoms with van der Waals surface area (Å²) >= 11 is 0. The molecule has 5 rings (SSSR count). The number of carbonyl (C=O) groups excluding carboxylic acids is 1. The molecule has 2 fully saturated rings. The van der Waals surface area contributed by atoms with Gasteiger partial charge in [-0.2, -0.15) is 0 Å². The van der Waals surface area contributed by atoms with Gasteiger partial charge in [0.15, 0.2) is 0 Å². The summed E-state index contributed by atoms with van der Waals surface area (Å²) in [6, 6.07) is 0. The van der Waals surface area contributed by atoms with E-state index in [0.29, 0.717) is 10.8 Å². The Labute approximate surface area is 169 Å². The van der Waals surface area contributed by atoms with E-state index >= 15 is 0 Å². The van der Waals surface area contributed by atoms with E-state index in [-0.39, 0.29) is 12.1 Å². The number of aryl methyl sites for hydroxylation is 2. The number of aromatic nitrogens is 1. The maximum atomic E-state index is 11.4. The zero-order valence-corrected chi connectivity index (χ0v) is 18.2. The van der Waals surface area contributed by atoms with Gasteiger partial charge in [0, 0.05) is 24.7 Å². The lowest BCUT2D eigenvalue weighted by Gasteiger charge is -2.57. The summed E-state index contributed by atoms with van der Waals surface area (Å²) in [4.78, 5) is 15.1. The molecule has 28 heavy (non-hydrogen) atoms. The molecule has 1 N–H and O–H groups in total. The minimum Gasteiger partial charge on any atom is -0.462 e. The minimum absolute atomic E-state index is 0.0970. The third-order valence-electron chi connectivity index (χ3n) is 9.28. The fourth-order valence-electron chi connectivity index (χ4n) is 8.05. The van der Waals surface area contributed by atoms with Crippen LogP contribution in [0.15, 0.2) is 11.6 Å². The van der Waals surface area contributed by atoms with Gasteiger partial charge >= 0.3 is 5.97 Å². The number of esters is 1. The van der Waals surface area contributed by atoms with Gasteiger partial charge in [0.25, 0.3) is 0 Å². The average Bonchev–Trinajstić information content (AvgIpc) is 3.09. The Bertz CT molecular complexity index is 864. The summed E-state index contributed by atoms with van der Waals surface area (Å²) in [5.74, 6) is 2.24. The molecule has 6 atom stereocenters. The predicted molar refractivity (Wildman–Crippen MR) is 111 cm³/mol. The van der Waals surface area contributed by atoms with Crippen molar-refractivity contribution in [1.82, 2.24) is 4.98 Å². The Morgan fingerprint density at radius 3 is 2.57 bits per heavy atom. The molecular weight excluding hydrogens is 346 g/mol. The lowest BCUT2D eigenvalue weighted by atomic mass is 9.47. The van der Waals surface area contributed by atoms with Crippen LogP contribution < -0.4 is 0 Å². The van der Waals surface area contributed by atoms with Crippen LogP contribution in [0.25, 0.3) is 0 Å². The standard InChI is InChI=1S/C25H35NO2/c1-14-20-13-22-19-7-6-17-12-18(28-16(3)27)8-10-24(17,4)21(19)9-11-25(22,5)23(20)15(2)26-14/h6,18-19,21-22,26H,7-13H2,1-5H3/t18-,19?,21-,22-,24-,25-/m0/s1. The third-order valence-corrected chi connectivity index (χ3v) is 9.28. The molecule has 0 bridgehead atoms. The molecule has 0 radical (unpaired) electrons. The van der Waals surface area contributed by atoms with Crippen molar-refractivity contribution >= 4 is 5.97 Å². The normalized spacial score (nSPS) is 41.4. The molecule has 1 aromatic rings. The predicted octanol–water partition coefficient (Wildman–Crippen LogP) is 5.54. The Morgan fingerprint density at radius 1 is 1.07 bits per heavy atom. The van der Waals surface area contributed by atoms with Gasteiger partial charge in [-0.1, -0.05) is 25.5 Å². The summed E-state index contributed by atoms with van der Waals surface area (Å²) in [7, 11) is 0. The van der Waals surface area contributed by atoms with E-state index in [4.69, 9.17) is 4.74 Å². The monoisotopic (exact) mass is 381 g/mol. The van der Waals surface area contributed by atoms with Crippen LogP contribution in [0.1, 0.15) is 81.8 Å². The second kappa shape index (κ2) is 6.00. The van der Waals surface area contributed by atoms with Gasteiger partial charge in [0.05, 0.1) is 0 Å². The molecule has 4 aliphatic carbocycles. The first kappa shape index (κ1) is 18.5. The Balaban J connectivity index is 1.46. The van der Waals surface area contributed by atoms with Crippen molar-refractivity contribution in [2.24, 2.45) is 23.2 Å². The second-order valence-corrected chi connectivity index (χ2v) is 10.6. The Hall–Kier alpha value is -1.51. The van der Waals surface area contributed by atoms with Gasteiger partial charge in [-0.05, 0) is 92.1 Å². The molecule has 1 aromatic heterocycles. The number of rotatable bonds is 1. The molecule has 0 aliphatic heterocycles. The summed E-state index contributed by atoms with van der Waals surface area (Å²) in [5.41, 5.74) is 8.35. The van der Waals surface area contributed by atoms with Gasteiger partial charge in [-0.3, -0.25) is 4.79 Å². The van der Waals surface area contributed by atoms with E-state index in [0.717, 1.165) is 30.6 Å². The number of carbonyl (C=O) groups is 1. The number of fused-ring (bicyclic) bond motifs is 7. The van der Waals surface area contributed by atoms with Crippen LogP contribution in [0.4, 0.5) is 0 Å². The molecule has 0 spiro atoms. The van der Waals surface area contributed by atoms with Gasteiger partial charge in [0.1, 0.15) is 6.10 Å². The first-order valence-electron chi connectivity index (χ1n) is 11.3. The molecule has 3 nitrogen and oxygen atoms in total. The van der Waals surface area contributed by atoms with Crippen molar-refractivity contribution in [3.63, 3.8) is 0 Å². The van der Waals surface area contributed by atoms with Crippen LogP contribution in [0.5, 0.6) is 0 Å². The first-order valence-corrected chi connectivity index (χ1v) is 11.3. The van der Waals surface area contributed by atoms with Crippen LogP contribution >= 0.6 is 0 Å². The van der Waals surface area contributed by atoms with Crippen LogP contribution in [0, 0.1) is 37.0 Å². The molecule has 2 saturated carbocycles. The molecule has 152 valence electrons. The van der Waals surface area contributed by atoms with E-state index < -0.39 is 0 Å². The molecule has 0 aromatic carbocycles. The van der Waals surface area contributed by atoms with Crippen LogP contribution in [-0.4, -0.2) is 17.1 Å². The fraction of sp³-hybridized carbons (Fsp3) is 0.720. The number of hydrogen-bond donors (Lipinski definition) is 1. The van der Waals surface area contributed by atoms with Gasteiger partial charge < -0.3 is 9.72 Å². The van der Waals surface area contributed by atoms with Crippen molar-refractivity contribution in [3.05, 3.63) is 34.2 Å². The van der Waals surface area contributed by atoms with Crippen molar-refractivity contribution in [2.45, 2.75) is 91.1 Å². The van der Waals surface area contributed by atoms with Crippen LogP contribution in [0.2, 0.25) is 0 Å². The summed E-state index contributed by atoms with van der Waals surface area (Å²) in [5, 5.41) is 0. The summed E-state index contributed by atoms with van der Waals surface area (Å²) < 4.78 is 5.58. The fourth-order valence-corrected chi connectivity index (χ4v) is 8.05. The maximum Gasteiger partial charge on any atom is 0.302 e. The minimum atomic E-state index is -0.130. The maximum absolute atomic E-state index is 11.4. The van der Waals surface area contributed by atoms with Gasteiger partial charge in [0.2, 0.25) is 0 Å². The van der Waals surface area contributed by atoms with E-state index in [1.807, 2.05) is 0 Å². The van der Waals surface area contributed by atoms with Gasteiger partial charge in [-0.15, -0.1) is 0 Å². The molecule has 1 heterocycles. The number of ether oxygens (including phenoxy) is 1. The SMILES string of the molecule is CC(=O)O[C@H]1CC[C@@]2(C)C(=CCC3[C@@H]2CC[C@]2(C)c4c(C)[nH]c(C)c4C[C@@H]32)C1. The topological polar surface area (TPSA) is 42.1 Å². The van der Waals surface area contributed by atoms with E-state index in [9.17, 15) is 4.79 Å². The highest BCUT2D eigenvalue weighted by Gasteiger charge is 2.58. The van der Waals surface area contributed by atoms with Crippen molar-refractivity contribution < 1.29 is 9.53 Å². The second-order valence-electron chi connectivity index (χ2n) is 10.6. The largest absolute Gasteiger partial charge is 0.462 e. The van der Waals surface area contributed by atoms with E-state index in [1.54, 1.807) is 23.6 Å². The van der Waals surface area contributed by atoms with Crippen molar-refractivity contribution in [1.29, 1.82) is 0 Å². The van der Waals surface area contributed by atoms with E-state index in [2.05, 4.69) is 38.8 Å². The van der Waals surface area contributed by atoms with Crippen LogP contribution in [-0.2, 0) is 21.4 Å². The smallest absolute Gasteiger partial charge is 0.302 e.